The smallest absolute Gasteiger partial charge is 0.298 e. The number of fused-ring (bicyclic) bond motifs is 2. The van der Waals surface area contributed by atoms with Crippen molar-refractivity contribution < 1.29 is 14.6 Å². The number of nitrogens with zero attached hydrogens (tertiary/aromatic N) is 2. The minimum atomic E-state index is -0.608. The van der Waals surface area contributed by atoms with Gasteiger partial charge in [0, 0.05) is 24.3 Å². The van der Waals surface area contributed by atoms with E-state index in [1.54, 1.807) is 0 Å². The van der Waals surface area contributed by atoms with E-state index in [4.69, 9.17) is 16.3 Å². The van der Waals surface area contributed by atoms with Gasteiger partial charge in [-0.1, -0.05) is 11.6 Å². The van der Waals surface area contributed by atoms with Crippen LogP contribution < -0.4 is 10.1 Å². The predicted molar refractivity (Wildman–Crippen MR) is 74.6 cm³/mol. The van der Waals surface area contributed by atoms with Crippen LogP contribution in [0.1, 0.15) is 0 Å². The molecule has 0 bridgehead atoms. The highest BCUT2D eigenvalue weighted by molar-refractivity contribution is 6.31. The van der Waals surface area contributed by atoms with E-state index in [0.717, 1.165) is 0 Å². The van der Waals surface area contributed by atoms with Gasteiger partial charge in [0.05, 0.1) is 20.6 Å². The highest BCUT2D eigenvalue weighted by Crippen LogP contribution is 2.48. The average molecular weight is 308 g/mol. The third kappa shape index (κ3) is 2.21. The number of hydrogen-bond donors (Lipinski definition) is 1. The number of ether oxygens (including phenoxy) is 1. The molecule has 2 aromatic carbocycles. The lowest BCUT2D eigenvalue weighted by molar-refractivity contribution is -0.384. The average Bonchev–Trinajstić information content (AvgIpc) is 2.43. The molecule has 21 heavy (non-hydrogen) atoms. The maximum atomic E-state index is 11.1. The van der Waals surface area contributed by atoms with Gasteiger partial charge in [0.2, 0.25) is 0 Å². The van der Waals surface area contributed by atoms with Crippen LogP contribution in [0.25, 0.3) is 0 Å². The fourth-order valence-electron chi connectivity index (χ4n) is 1.99. The van der Waals surface area contributed by atoms with Gasteiger partial charge in [-0.2, -0.15) is 0 Å². The summed E-state index contributed by atoms with van der Waals surface area (Å²) >= 11 is 5.82. The molecule has 2 aromatic rings. The Hall–Kier alpha value is -2.87. The van der Waals surface area contributed by atoms with Crippen LogP contribution in [-0.4, -0.2) is 9.85 Å². The van der Waals surface area contributed by atoms with Crippen molar-refractivity contribution in [1.82, 2.24) is 0 Å². The molecule has 0 atom stereocenters. The molecule has 0 spiro atoms. The second-order valence-corrected chi connectivity index (χ2v) is 4.66. The fraction of sp³-hybridized carbons (Fsp3) is 0. The Morgan fingerprint density at radius 2 is 1.81 bits per heavy atom. The molecule has 1 aliphatic rings. The van der Waals surface area contributed by atoms with Gasteiger partial charge in [0.15, 0.2) is 17.2 Å². The Kier molecular flexibility index (Phi) is 2.88. The molecule has 1 aliphatic heterocycles. The minimum Gasteiger partial charge on any atom is -0.453 e. The summed E-state index contributed by atoms with van der Waals surface area (Å²) in [5.74, 6) is 0.514. The van der Waals surface area contributed by atoms with Gasteiger partial charge >= 0.3 is 0 Å². The molecule has 0 aliphatic carbocycles. The maximum Gasteiger partial charge on any atom is 0.298 e. The zero-order valence-electron chi connectivity index (χ0n) is 10.2. The predicted octanol–water partition coefficient (Wildman–Crippen LogP) is 4.01. The SMILES string of the molecule is O=[N+]([O-])c1ccc2c(c1)Nc1c(cc(Cl)cc1[N+](=O)[O-])O2. The molecule has 1 N–H and O–H groups in total. The normalized spacial score (nSPS) is 11.7. The molecule has 0 saturated carbocycles. The maximum absolute atomic E-state index is 11.1. The van der Waals surface area contributed by atoms with Crippen molar-refractivity contribution in [2.24, 2.45) is 0 Å². The number of non-ortho nitro benzene ring substituents is 1. The van der Waals surface area contributed by atoms with Gasteiger partial charge in [-0.15, -0.1) is 0 Å². The Balaban J connectivity index is 2.13. The summed E-state index contributed by atoms with van der Waals surface area (Å²) in [6.07, 6.45) is 0. The number of anilines is 2. The van der Waals surface area contributed by atoms with Crippen LogP contribution in [0.3, 0.4) is 0 Å². The van der Waals surface area contributed by atoms with Crippen LogP contribution in [0.4, 0.5) is 22.7 Å². The van der Waals surface area contributed by atoms with Gasteiger partial charge < -0.3 is 10.1 Å². The third-order valence-corrected chi connectivity index (χ3v) is 3.11. The first kappa shape index (κ1) is 13.1. The van der Waals surface area contributed by atoms with E-state index in [1.165, 1.54) is 30.3 Å². The summed E-state index contributed by atoms with van der Waals surface area (Å²) in [7, 11) is 0. The second-order valence-electron chi connectivity index (χ2n) is 4.22. The van der Waals surface area contributed by atoms with Gasteiger partial charge in [-0.3, -0.25) is 20.2 Å². The molecular formula is C12H6ClN3O5. The van der Waals surface area contributed by atoms with E-state index in [9.17, 15) is 20.2 Å². The first-order valence-electron chi connectivity index (χ1n) is 5.67. The summed E-state index contributed by atoms with van der Waals surface area (Å²) < 4.78 is 5.51. The van der Waals surface area contributed by atoms with E-state index >= 15 is 0 Å². The van der Waals surface area contributed by atoms with Gasteiger partial charge in [0.1, 0.15) is 0 Å². The number of halogens is 1. The first-order chi connectivity index (χ1) is 9.95. The third-order valence-electron chi connectivity index (χ3n) is 2.90. The number of benzene rings is 2. The number of rotatable bonds is 2. The summed E-state index contributed by atoms with van der Waals surface area (Å²) in [5.41, 5.74) is -0.0286. The van der Waals surface area contributed by atoms with Crippen molar-refractivity contribution in [2.45, 2.75) is 0 Å². The minimum absolute atomic E-state index is 0.109. The molecule has 0 radical (unpaired) electrons. The van der Waals surface area contributed by atoms with E-state index in [0.29, 0.717) is 5.75 Å². The monoisotopic (exact) mass is 307 g/mol. The first-order valence-corrected chi connectivity index (χ1v) is 6.05. The highest BCUT2D eigenvalue weighted by atomic mass is 35.5. The van der Waals surface area contributed by atoms with Crippen molar-refractivity contribution in [3.63, 3.8) is 0 Å². The van der Waals surface area contributed by atoms with Crippen LogP contribution >= 0.6 is 11.6 Å². The lowest BCUT2D eigenvalue weighted by atomic mass is 10.1. The largest absolute Gasteiger partial charge is 0.453 e. The van der Waals surface area contributed by atoms with Crippen LogP contribution in [0.2, 0.25) is 5.02 Å². The highest BCUT2D eigenvalue weighted by Gasteiger charge is 2.27. The van der Waals surface area contributed by atoms with Crippen LogP contribution in [0, 0.1) is 20.2 Å². The molecular weight excluding hydrogens is 302 g/mol. The zero-order valence-corrected chi connectivity index (χ0v) is 11.0. The molecule has 0 aromatic heterocycles. The van der Waals surface area contributed by atoms with Crippen molar-refractivity contribution in [3.05, 3.63) is 55.6 Å². The molecule has 1 heterocycles. The molecule has 106 valence electrons. The Morgan fingerprint density at radius 1 is 1.05 bits per heavy atom. The quantitative estimate of drug-likeness (QED) is 0.566. The molecule has 0 fully saturated rings. The summed E-state index contributed by atoms with van der Waals surface area (Å²) in [5, 5.41) is 24.8. The number of nitro groups is 2. The summed E-state index contributed by atoms with van der Waals surface area (Å²) in [6, 6.07) is 6.55. The van der Waals surface area contributed by atoms with Crippen molar-refractivity contribution in [1.29, 1.82) is 0 Å². The molecule has 0 saturated heterocycles. The van der Waals surface area contributed by atoms with Crippen LogP contribution in [0.15, 0.2) is 30.3 Å². The van der Waals surface area contributed by atoms with E-state index < -0.39 is 9.85 Å². The fourth-order valence-corrected chi connectivity index (χ4v) is 2.19. The topological polar surface area (TPSA) is 108 Å². The summed E-state index contributed by atoms with van der Waals surface area (Å²) in [6.45, 7) is 0. The Bertz CT molecular complexity index is 793. The molecule has 9 heteroatoms. The van der Waals surface area contributed by atoms with E-state index in [2.05, 4.69) is 5.32 Å². The van der Waals surface area contributed by atoms with Crippen molar-refractivity contribution in [3.8, 4) is 11.5 Å². The van der Waals surface area contributed by atoms with E-state index in [1.807, 2.05) is 0 Å². The second kappa shape index (κ2) is 4.60. The van der Waals surface area contributed by atoms with Crippen LogP contribution in [0.5, 0.6) is 11.5 Å². The Labute approximate surface area is 122 Å². The van der Waals surface area contributed by atoms with Crippen molar-refractivity contribution in [2.75, 3.05) is 5.32 Å². The lowest BCUT2D eigenvalue weighted by Gasteiger charge is -2.21. The molecule has 0 unspecified atom stereocenters. The van der Waals surface area contributed by atoms with Gasteiger partial charge in [0.25, 0.3) is 11.4 Å². The number of hydrogen-bond acceptors (Lipinski definition) is 6. The lowest BCUT2D eigenvalue weighted by Crippen LogP contribution is -2.06. The van der Waals surface area contributed by atoms with E-state index in [-0.39, 0.29) is 33.5 Å². The number of nitrogens with one attached hydrogen (secondary N) is 1. The van der Waals surface area contributed by atoms with Gasteiger partial charge in [-0.05, 0) is 6.07 Å². The standard InChI is InChI=1S/C12H6ClN3O5/c13-6-3-9(16(19)20)12-11(4-6)21-10-2-1-7(15(17)18)5-8(10)14-12/h1-5,14H. The Morgan fingerprint density at radius 3 is 2.48 bits per heavy atom. The number of nitro benzene ring substituents is 2. The van der Waals surface area contributed by atoms with Gasteiger partial charge in [-0.25, -0.2) is 0 Å². The molecule has 3 rings (SSSR count). The molecule has 0 amide bonds. The zero-order chi connectivity index (χ0) is 15.1. The van der Waals surface area contributed by atoms with Crippen molar-refractivity contribution >= 4 is 34.4 Å². The molecule has 8 nitrogen and oxygen atoms in total. The van der Waals surface area contributed by atoms with Crippen LogP contribution in [-0.2, 0) is 0 Å². The summed E-state index contributed by atoms with van der Waals surface area (Å²) in [4.78, 5) is 20.6.